The van der Waals surface area contributed by atoms with Gasteiger partial charge in [-0.3, -0.25) is 9.78 Å². The fraction of sp³-hybridized carbons (Fsp3) is 0.538. The van der Waals surface area contributed by atoms with Crippen LogP contribution in [0.25, 0.3) is 0 Å². The lowest BCUT2D eigenvalue weighted by atomic mass is 10.1. The number of amides is 1. The van der Waals surface area contributed by atoms with Gasteiger partial charge >= 0.3 is 0 Å². The predicted octanol–water partition coefficient (Wildman–Crippen LogP) is 1.61. The zero-order valence-corrected chi connectivity index (χ0v) is 10.2. The van der Waals surface area contributed by atoms with E-state index in [0.29, 0.717) is 13.0 Å². The normalized spacial score (nSPS) is 10.2. The second-order valence-corrected chi connectivity index (χ2v) is 4.09. The van der Waals surface area contributed by atoms with E-state index in [4.69, 9.17) is 5.73 Å². The van der Waals surface area contributed by atoms with Crippen molar-refractivity contribution >= 4 is 5.91 Å². The molecule has 4 nitrogen and oxygen atoms in total. The number of nitrogens with one attached hydrogen (secondary N) is 1. The highest BCUT2D eigenvalue weighted by Crippen LogP contribution is 2.02. The molecule has 1 aromatic heterocycles. The number of nitrogens with zero attached hydrogens (tertiary/aromatic N) is 1. The van der Waals surface area contributed by atoms with Crippen molar-refractivity contribution in [2.45, 2.75) is 38.6 Å². The molecule has 0 saturated heterocycles. The lowest BCUT2D eigenvalue weighted by Gasteiger charge is -2.04. The second kappa shape index (κ2) is 8.70. The lowest BCUT2D eigenvalue weighted by Crippen LogP contribution is -2.22. The molecule has 0 aliphatic rings. The van der Waals surface area contributed by atoms with E-state index in [9.17, 15) is 4.79 Å². The summed E-state index contributed by atoms with van der Waals surface area (Å²) in [5.74, 6) is 0.120. The Morgan fingerprint density at radius 3 is 2.59 bits per heavy atom. The third kappa shape index (κ3) is 6.68. The summed E-state index contributed by atoms with van der Waals surface area (Å²) in [6.45, 7) is 1.33. The largest absolute Gasteiger partial charge is 0.352 e. The number of pyridine rings is 1. The van der Waals surface area contributed by atoms with Crippen LogP contribution in [0.4, 0.5) is 0 Å². The summed E-state index contributed by atoms with van der Waals surface area (Å²) < 4.78 is 0. The van der Waals surface area contributed by atoms with Crippen LogP contribution >= 0.6 is 0 Å². The molecule has 3 N–H and O–H groups in total. The SMILES string of the molecule is NCCCCCCC(=O)NCc1ccncc1. The van der Waals surface area contributed by atoms with Crippen molar-refractivity contribution < 1.29 is 4.79 Å². The Hall–Kier alpha value is -1.42. The van der Waals surface area contributed by atoms with Crippen molar-refractivity contribution in [2.24, 2.45) is 5.73 Å². The first-order valence-electron chi connectivity index (χ1n) is 6.18. The summed E-state index contributed by atoms with van der Waals surface area (Å²) in [5, 5.41) is 2.90. The van der Waals surface area contributed by atoms with Crippen LogP contribution in [0.15, 0.2) is 24.5 Å². The number of hydrogen-bond acceptors (Lipinski definition) is 3. The van der Waals surface area contributed by atoms with Crippen LogP contribution in [0.5, 0.6) is 0 Å². The molecule has 0 fully saturated rings. The molecule has 0 radical (unpaired) electrons. The Bertz CT molecular complexity index is 314. The van der Waals surface area contributed by atoms with Crippen molar-refractivity contribution in [1.29, 1.82) is 0 Å². The average molecular weight is 235 g/mol. The molecule has 1 aromatic rings. The second-order valence-electron chi connectivity index (χ2n) is 4.09. The Labute approximate surface area is 103 Å². The van der Waals surface area contributed by atoms with E-state index >= 15 is 0 Å². The van der Waals surface area contributed by atoms with Crippen molar-refractivity contribution in [1.82, 2.24) is 10.3 Å². The first kappa shape index (κ1) is 13.6. The molecule has 17 heavy (non-hydrogen) atoms. The van der Waals surface area contributed by atoms with E-state index in [1.54, 1.807) is 12.4 Å². The summed E-state index contributed by atoms with van der Waals surface area (Å²) in [6, 6.07) is 3.81. The van der Waals surface area contributed by atoms with Gasteiger partial charge in [-0.1, -0.05) is 12.8 Å². The molecule has 1 heterocycles. The number of rotatable bonds is 8. The van der Waals surface area contributed by atoms with E-state index in [-0.39, 0.29) is 5.91 Å². The van der Waals surface area contributed by atoms with Gasteiger partial charge in [-0.2, -0.15) is 0 Å². The fourth-order valence-corrected chi connectivity index (χ4v) is 1.57. The third-order valence-corrected chi connectivity index (χ3v) is 2.60. The molecular formula is C13H21N3O. The molecule has 0 spiro atoms. The van der Waals surface area contributed by atoms with Crippen LogP contribution in [0.2, 0.25) is 0 Å². The summed E-state index contributed by atoms with van der Waals surface area (Å²) >= 11 is 0. The monoisotopic (exact) mass is 235 g/mol. The Balaban J connectivity index is 2.05. The van der Waals surface area contributed by atoms with E-state index in [0.717, 1.165) is 37.8 Å². The fourth-order valence-electron chi connectivity index (χ4n) is 1.57. The van der Waals surface area contributed by atoms with E-state index in [2.05, 4.69) is 10.3 Å². The third-order valence-electron chi connectivity index (χ3n) is 2.60. The molecular weight excluding hydrogens is 214 g/mol. The van der Waals surface area contributed by atoms with Crippen LogP contribution in [-0.4, -0.2) is 17.4 Å². The van der Waals surface area contributed by atoms with Crippen LogP contribution in [0.1, 0.15) is 37.7 Å². The quantitative estimate of drug-likeness (QED) is 0.673. The number of aromatic nitrogens is 1. The van der Waals surface area contributed by atoms with Crippen LogP contribution in [0.3, 0.4) is 0 Å². The molecule has 0 unspecified atom stereocenters. The summed E-state index contributed by atoms with van der Waals surface area (Å²) in [5.41, 5.74) is 6.48. The van der Waals surface area contributed by atoms with Crippen LogP contribution < -0.4 is 11.1 Å². The molecule has 0 bridgehead atoms. The van der Waals surface area contributed by atoms with E-state index < -0.39 is 0 Å². The van der Waals surface area contributed by atoms with Crippen molar-refractivity contribution in [3.05, 3.63) is 30.1 Å². The highest BCUT2D eigenvalue weighted by atomic mass is 16.1. The van der Waals surface area contributed by atoms with E-state index in [1.165, 1.54) is 0 Å². The predicted molar refractivity (Wildman–Crippen MR) is 68.2 cm³/mol. The molecule has 94 valence electrons. The average Bonchev–Trinajstić information content (AvgIpc) is 2.37. The first-order valence-corrected chi connectivity index (χ1v) is 6.18. The minimum absolute atomic E-state index is 0.120. The number of unbranched alkanes of at least 4 members (excludes halogenated alkanes) is 3. The van der Waals surface area contributed by atoms with Gasteiger partial charge < -0.3 is 11.1 Å². The summed E-state index contributed by atoms with van der Waals surface area (Å²) in [6.07, 6.45) is 8.27. The van der Waals surface area contributed by atoms with Gasteiger partial charge in [-0.15, -0.1) is 0 Å². The molecule has 1 amide bonds. The highest BCUT2D eigenvalue weighted by molar-refractivity contribution is 5.75. The Morgan fingerprint density at radius 1 is 1.18 bits per heavy atom. The smallest absolute Gasteiger partial charge is 0.220 e. The summed E-state index contributed by atoms with van der Waals surface area (Å²) in [7, 11) is 0. The summed E-state index contributed by atoms with van der Waals surface area (Å²) in [4.78, 5) is 15.4. The van der Waals surface area contributed by atoms with Crippen molar-refractivity contribution in [3.63, 3.8) is 0 Å². The molecule has 0 atom stereocenters. The van der Waals surface area contributed by atoms with Gasteiger partial charge in [0.15, 0.2) is 0 Å². The van der Waals surface area contributed by atoms with Gasteiger partial charge in [0.25, 0.3) is 0 Å². The maximum Gasteiger partial charge on any atom is 0.220 e. The van der Waals surface area contributed by atoms with Crippen LogP contribution in [0, 0.1) is 0 Å². The van der Waals surface area contributed by atoms with Crippen molar-refractivity contribution in [3.8, 4) is 0 Å². The zero-order chi connectivity index (χ0) is 12.3. The minimum Gasteiger partial charge on any atom is -0.352 e. The molecule has 0 aromatic carbocycles. The molecule has 0 aliphatic heterocycles. The highest BCUT2D eigenvalue weighted by Gasteiger charge is 2.00. The van der Waals surface area contributed by atoms with Gasteiger partial charge in [0, 0.05) is 25.4 Å². The Kier molecular flexibility index (Phi) is 6.98. The topological polar surface area (TPSA) is 68.0 Å². The van der Waals surface area contributed by atoms with Gasteiger partial charge in [0.2, 0.25) is 5.91 Å². The van der Waals surface area contributed by atoms with Crippen LogP contribution in [-0.2, 0) is 11.3 Å². The standard InChI is InChI=1S/C13H21N3O/c14-8-4-2-1-3-5-13(17)16-11-12-6-9-15-10-7-12/h6-7,9-10H,1-5,8,11,14H2,(H,16,17). The lowest BCUT2D eigenvalue weighted by molar-refractivity contribution is -0.121. The Morgan fingerprint density at radius 2 is 1.88 bits per heavy atom. The van der Waals surface area contributed by atoms with Gasteiger partial charge in [0.05, 0.1) is 0 Å². The minimum atomic E-state index is 0.120. The molecule has 0 saturated carbocycles. The molecule has 1 rings (SSSR count). The van der Waals surface area contributed by atoms with Gasteiger partial charge in [0.1, 0.15) is 0 Å². The number of nitrogens with two attached hydrogens (primary N) is 1. The van der Waals surface area contributed by atoms with Crippen molar-refractivity contribution in [2.75, 3.05) is 6.54 Å². The molecule has 4 heteroatoms. The zero-order valence-electron chi connectivity index (χ0n) is 10.2. The van der Waals surface area contributed by atoms with Gasteiger partial charge in [-0.25, -0.2) is 0 Å². The van der Waals surface area contributed by atoms with E-state index in [1.807, 2.05) is 12.1 Å². The maximum atomic E-state index is 11.5. The number of carbonyl (C=O) groups excluding carboxylic acids is 1. The van der Waals surface area contributed by atoms with Gasteiger partial charge in [-0.05, 0) is 37.1 Å². The number of carbonyl (C=O) groups is 1. The maximum absolute atomic E-state index is 11.5. The first-order chi connectivity index (χ1) is 8.33. The number of hydrogen-bond donors (Lipinski definition) is 2. The molecule has 0 aliphatic carbocycles.